The summed E-state index contributed by atoms with van der Waals surface area (Å²) >= 11 is 0. The van der Waals surface area contributed by atoms with Crippen molar-refractivity contribution in [1.82, 2.24) is 16.0 Å². The Morgan fingerprint density at radius 3 is 2.79 bits per heavy atom. The van der Waals surface area contributed by atoms with Crippen molar-refractivity contribution in [3.05, 3.63) is 35.4 Å². The van der Waals surface area contributed by atoms with E-state index >= 15 is 0 Å². The second-order valence-corrected chi connectivity index (χ2v) is 5.60. The Kier molecular flexibility index (Phi) is 3.19. The molecule has 1 unspecified atom stereocenters. The summed E-state index contributed by atoms with van der Waals surface area (Å²) < 4.78 is 0. The van der Waals surface area contributed by atoms with Gasteiger partial charge in [-0.1, -0.05) is 24.3 Å². The largest absolute Gasteiger partial charge is 0.341 e. The van der Waals surface area contributed by atoms with Crippen molar-refractivity contribution in [3.63, 3.8) is 0 Å². The monoisotopic (exact) mass is 259 g/mol. The molecule has 4 heteroatoms. The van der Waals surface area contributed by atoms with E-state index in [1.165, 1.54) is 11.1 Å². The van der Waals surface area contributed by atoms with Gasteiger partial charge in [-0.05, 0) is 43.5 Å². The second kappa shape index (κ2) is 4.85. The summed E-state index contributed by atoms with van der Waals surface area (Å²) in [5, 5.41) is 9.17. The van der Waals surface area contributed by atoms with Gasteiger partial charge in [0.2, 0.25) is 0 Å². The lowest BCUT2D eigenvalue weighted by Gasteiger charge is -2.35. The molecule has 3 rings (SSSR count). The lowest BCUT2D eigenvalue weighted by Crippen LogP contribution is -2.40. The molecular formula is C15H21N3O. The highest BCUT2D eigenvalue weighted by atomic mass is 16.2. The van der Waals surface area contributed by atoms with Crippen LogP contribution in [0.5, 0.6) is 0 Å². The van der Waals surface area contributed by atoms with Gasteiger partial charge in [0.05, 0.1) is 6.04 Å². The predicted octanol–water partition coefficient (Wildman–Crippen LogP) is 1.68. The maximum absolute atomic E-state index is 11.6. The molecule has 1 aromatic rings. The molecule has 0 bridgehead atoms. The second-order valence-electron chi connectivity index (χ2n) is 5.60. The average Bonchev–Trinajstić information content (AvgIpc) is 2.74. The predicted molar refractivity (Wildman–Crippen MR) is 75.2 cm³/mol. The first-order chi connectivity index (χ1) is 9.25. The van der Waals surface area contributed by atoms with Gasteiger partial charge in [-0.2, -0.15) is 0 Å². The van der Waals surface area contributed by atoms with Crippen LogP contribution in [0.2, 0.25) is 0 Å². The molecule has 1 aromatic carbocycles. The van der Waals surface area contributed by atoms with Crippen LogP contribution in [0, 0.1) is 0 Å². The molecule has 3 N–H and O–H groups in total. The fraction of sp³-hybridized carbons (Fsp3) is 0.533. The minimum absolute atomic E-state index is 0.0919. The van der Waals surface area contributed by atoms with E-state index in [1.54, 1.807) is 7.05 Å². The normalized spacial score (nSPS) is 23.9. The van der Waals surface area contributed by atoms with Gasteiger partial charge >= 0.3 is 6.03 Å². The van der Waals surface area contributed by atoms with Crippen molar-refractivity contribution in [2.45, 2.75) is 30.7 Å². The molecule has 1 spiro atoms. The van der Waals surface area contributed by atoms with Crippen LogP contribution in [0.3, 0.4) is 0 Å². The third-order valence-corrected chi connectivity index (χ3v) is 4.60. The van der Waals surface area contributed by atoms with E-state index in [2.05, 4.69) is 40.2 Å². The van der Waals surface area contributed by atoms with Crippen molar-refractivity contribution in [3.8, 4) is 0 Å². The van der Waals surface area contributed by atoms with E-state index in [4.69, 9.17) is 0 Å². The minimum Gasteiger partial charge on any atom is -0.341 e. The van der Waals surface area contributed by atoms with E-state index in [9.17, 15) is 4.79 Å². The molecule has 2 amide bonds. The summed E-state index contributed by atoms with van der Waals surface area (Å²) in [5.41, 5.74) is 3.00. The van der Waals surface area contributed by atoms with Crippen molar-refractivity contribution >= 4 is 6.03 Å². The quantitative estimate of drug-likeness (QED) is 0.719. The summed E-state index contributed by atoms with van der Waals surface area (Å²) in [6, 6.07) is 8.64. The first-order valence-corrected chi connectivity index (χ1v) is 7.03. The molecule has 1 aliphatic heterocycles. The van der Waals surface area contributed by atoms with Gasteiger partial charge in [-0.15, -0.1) is 0 Å². The highest BCUT2D eigenvalue weighted by molar-refractivity contribution is 5.74. The molecule has 0 radical (unpaired) electrons. The van der Waals surface area contributed by atoms with Crippen LogP contribution in [-0.4, -0.2) is 26.2 Å². The van der Waals surface area contributed by atoms with Crippen LogP contribution in [0.25, 0.3) is 0 Å². The first kappa shape index (κ1) is 12.5. The summed E-state index contributed by atoms with van der Waals surface area (Å²) in [7, 11) is 1.66. The number of carbonyl (C=O) groups excluding carboxylic acids is 1. The van der Waals surface area contributed by atoms with E-state index < -0.39 is 0 Å². The van der Waals surface area contributed by atoms with Gasteiger partial charge in [-0.25, -0.2) is 4.79 Å². The Hall–Kier alpha value is -1.55. The lowest BCUT2D eigenvalue weighted by molar-refractivity contribution is 0.233. The van der Waals surface area contributed by atoms with Crippen LogP contribution in [0.15, 0.2) is 24.3 Å². The van der Waals surface area contributed by atoms with Gasteiger partial charge in [-0.3, -0.25) is 0 Å². The molecule has 1 fully saturated rings. The summed E-state index contributed by atoms with van der Waals surface area (Å²) in [5.74, 6) is 0. The van der Waals surface area contributed by atoms with E-state index in [0.29, 0.717) is 0 Å². The van der Waals surface area contributed by atoms with Crippen molar-refractivity contribution in [1.29, 1.82) is 0 Å². The van der Waals surface area contributed by atoms with Crippen LogP contribution in [0.1, 0.15) is 36.4 Å². The SMILES string of the molecule is CNC(=O)NC1CC2(CCNCC2)c2ccccc21. The van der Waals surface area contributed by atoms with Crippen LogP contribution in [-0.2, 0) is 5.41 Å². The Labute approximate surface area is 114 Å². The van der Waals surface area contributed by atoms with Gasteiger partial charge in [0, 0.05) is 12.5 Å². The van der Waals surface area contributed by atoms with Crippen molar-refractivity contribution < 1.29 is 4.79 Å². The summed E-state index contributed by atoms with van der Waals surface area (Å²) in [6.45, 7) is 2.14. The zero-order valence-corrected chi connectivity index (χ0v) is 11.3. The van der Waals surface area contributed by atoms with Gasteiger partial charge in [0.1, 0.15) is 0 Å². The molecular weight excluding hydrogens is 238 g/mol. The molecule has 1 aliphatic carbocycles. The Balaban J connectivity index is 1.92. The van der Waals surface area contributed by atoms with E-state index in [0.717, 1.165) is 32.4 Å². The van der Waals surface area contributed by atoms with Crippen molar-refractivity contribution in [2.24, 2.45) is 0 Å². The Morgan fingerprint density at radius 1 is 1.32 bits per heavy atom. The molecule has 19 heavy (non-hydrogen) atoms. The number of benzene rings is 1. The molecule has 1 saturated heterocycles. The number of amides is 2. The first-order valence-electron chi connectivity index (χ1n) is 7.03. The number of carbonyl (C=O) groups is 1. The highest BCUT2D eigenvalue weighted by Gasteiger charge is 2.44. The van der Waals surface area contributed by atoms with Gasteiger partial charge in [0.15, 0.2) is 0 Å². The highest BCUT2D eigenvalue weighted by Crippen LogP contribution is 2.49. The Morgan fingerprint density at radius 2 is 2.05 bits per heavy atom. The maximum atomic E-state index is 11.6. The summed E-state index contributed by atoms with van der Waals surface area (Å²) in [6.07, 6.45) is 3.35. The van der Waals surface area contributed by atoms with Crippen molar-refractivity contribution in [2.75, 3.05) is 20.1 Å². The standard InChI is InChI=1S/C15H21N3O/c1-16-14(19)18-13-10-15(6-8-17-9-7-15)12-5-3-2-4-11(12)13/h2-5,13,17H,6-10H2,1H3,(H2,16,18,19). The van der Waals surface area contributed by atoms with Gasteiger partial charge < -0.3 is 16.0 Å². The molecule has 0 aromatic heterocycles. The van der Waals surface area contributed by atoms with E-state index in [1.807, 2.05) is 0 Å². The fourth-order valence-corrected chi connectivity index (χ4v) is 3.63. The molecule has 1 heterocycles. The lowest BCUT2D eigenvalue weighted by atomic mass is 9.74. The minimum atomic E-state index is -0.0919. The topological polar surface area (TPSA) is 53.2 Å². The zero-order chi connectivity index (χ0) is 13.3. The molecule has 102 valence electrons. The molecule has 4 nitrogen and oxygen atoms in total. The molecule has 2 aliphatic rings. The summed E-state index contributed by atoms with van der Waals surface area (Å²) in [4.78, 5) is 11.6. The van der Waals surface area contributed by atoms with E-state index in [-0.39, 0.29) is 17.5 Å². The van der Waals surface area contributed by atoms with Gasteiger partial charge in [0.25, 0.3) is 0 Å². The number of fused-ring (bicyclic) bond motifs is 2. The number of urea groups is 1. The number of hydrogen-bond donors (Lipinski definition) is 3. The van der Waals surface area contributed by atoms with Crippen LogP contribution >= 0.6 is 0 Å². The zero-order valence-electron chi connectivity index (χ0n) is 11.3. The number of piperidine rings is 1. The van der Waals surface area contributed by atoms with Crippen LogP contribution in [0.4, 0.5) is 4.79 Å². The van der Waals surface area contributed by atoms with Crippen LogP contribution < -0.4 is 16.0 Å². The average molecular weight is 259 g/mol. The molecule has 0 saturated carbocycles. The number of rotatable bonds is 1. The number of hydrogen-bond acceptors (Lipinski definition) is 2. The number of nitrogens with one attached hydrogen (secondary N) is 3. The molecule has 1 atom stereocenters. The Bertz CT molecular complexity index is 480. The third kappa shape index (κ3) is 2.10. The smallest absolute Gasteiger partial charge is 0.315 e. The third-order valence-electron chi connectivity index (χ3n) is 4.60. The fourth-order valence-electron chi connectivity index (χ4n) is 3.63. The maximum Gasteiger partial charge on any atom is 0.315 e.